The zero-order valence-corrected chi connectivity index (χ0v) is 21.0. The van der Waals surface area contributed by atoms with Gasteiger partial charge in [0.05, 0.1) is 29.2 Å². The van der Waals surface area contributed by atoms with Crippen molar-refractivity contribution in [2.24, 2.45) is 0 Å². The molecule has 2 rings (SSSR count). The predicted molar refractivity (Wildman–Crippen MR) is 127 cm³/mol. The maximum absolute atomic E-state index is 13.2. The average Bonchev–Trinajstić information content (AvgIpc) is 2.75. The molecule has 13 heteroatoms. The highest BCUT2D eigenvalue weighted by Gasteiger charge is 2.35. The smallest absolute Gasteiger partial charge is 0.271 e. The van der Waals surface area contributed by atoms with Crippen LogP contribution < -0.4 is 14.4 Å². The molecule has 186 valence electrons. The molecule has 0 heterocycles. The number of carbonyl (C=O) groups excluding carboxylic acids is 1. The van der Waals surface area contributed by atoms with Gasteiger partial charge in [0.25, 0.3) is 5.69 Å². The minimum atomic E-state index is -4.07. The number of hydrogen-bond acceptors (Lipinski definition) is 8. The van der Waals surface area contributed by atoms with Gasteiger partial charge >= 0.3 is 0 Å². The molecule has 0 aliphatic heterocycles. The Kier molecular flexibility index (Phi) is 8.26. The monoisotopic (exact) mass is 513 g/mol. The molecule has 0 aliphatic carbocycles. The lowest BCUT2D eigenvalue weighted by molar-refractivity contribution is -0.384. The zero-order chi connectivity index (χ0) is 25.8. The largest absolute Gasteiger partial charge is 0.495 e. The first kappa shape index (κ1) is 27.1. The van der Waals surface area contributed by atoms with Gasteiger partial charge in [-0.05, 0) is 37.1 Å². The van der Waals surface area contributed by atoms with Crippen LogP contribution in [0.3, 0.4) is 0 Å². The van der Waals surface area contributed by atoms with Gasteiger partial charge in [0.15, 0.2) is 9.84 Å². The summed E-state index contributed by atoms with van der Waals surface area (Å²) in [5, 5.41) is 14.0. The molecule has 0 aliphatic rings. The molecule has 34 heavy (non-hydrogen) atoms. The normalized spacial score (nSPS) is 13.6. The number of nitrogens with zero attached hydrogens (tertiary/aromatic N) is 2. The van der Waals surface area contributed by atoms with E-state index >= 15 is 0 Å². The van der Waals surface area contributed by atoms with Crippen LogP contribution in [0.2, 0.25) is 0 Å². The van der Waals surface area contributed by atoms with Gasteiger partial charge in [-0.2, -0.15) is 0 Å². The summed E-state index contributed by atoms with van der Waals surface area (Å²) in [6.45, 7) is 3.27. The van der Waals surface area contributed by atoms with Crippen LogP contribution in [0.1, 0.15) is 31.9 Å². The van der Waals surface area contributed by atoms with E-state index in [2.05, 4.69) is 5.32 Å². The summed E-state index contributed by atoms with van der Waals surface area (Å²) in [7, 11) is -6.16. The number of benzene rings is 2. The number of amides is 1. The van der Waals surface area contributed by atoms with E-state index in [1.54, 1.807) is 26.0 Å². The fraction of sp³-hybridized carbons (Fsp3) is 0.381. The van der Waals surface area contributed by atoms with E-state index in [-0.39, 0.29) is 28.4 Å². The Bertz CT molecular complexity index is 1280. The van der Waals surface area contributed by atoms with Crippen molar-refractivity contribution in [3.63, 3.8) is 0 Å². The molecule has 11 nitrogen and oxygen atoms in total. The van der Waals surface area contributed by atoms with E-state index in [4.69, 9.17) is 4.74 Å². The Morgan fingerprint density at radius 2 is 1.71 bits per heavy atom. The number of carbonyl (C=O) groups is 1. The van der Waals surface area contributed by atoms with Crippen molar-refractivity contribution >= 4 is 37.1 Å². The highest BCUT2D eigenvalue weighted by Crippen LogP contribution is 2.35. The summed E-state index contributed by atoms with van der Waals surface area (Å²) in [6.07, 6.45) is 2.04. The standard InChI is InChI=1S/C21H27N3O8S2/c1-6-18(21(25)22-14(2)15-7-10-17(11-8-15)33(4,28)29)23(34(5,30)31)19-13-16(24(26)27)9-12-20(19)32-3/h7-14,18H,6H2,1-5H3,(H,22,25). The Hall–Kier alpha value is -3.19. The highest BCUT2D eigenvalue weighted by atomic mass is 32.2. The van der Waals surface area contributed by atoms with Gasteiger partial charge in [0.2, 0.25) is 15.9 Å². The molecule has 2 unspecified atom stereocenters. The van der Waals surface area contributed by atoms with Crippen molar-refractivity contribution in [3.8, 4) is 5.75 Å². The van der Waals surface area contributed by atoms with Gasteiger partial charge in [-0.25, -0.2) is 16.8 Å². The maximum atomic E-state index is 13.2. The van der Waals surface area contributed by atoms with E-state index in [1.807, 2.05) is 0 Å². The first-order chi connectivity index (χ1) is 15.7. The Morgan fingerprint density at radius 1 is 1.12 bits per heavy atom. The first-order valence-electron chi connectivity index (χ1n) is 10.1. The Morgan fingerprint density at radius 3 is 2.15 bits per heavy atom. The fourth-order valence-electron chi connectivity index (χ4n) is 3.40. The summed E-state index contributed by atoms with van der Waals surface area (Å²) in [5.41, 5.74) is 0.111. The summed E-state index contributed by atoms with van der Waals surface area (Å²) in [4.78, 5) is 23.9. The third kappa shape index (κ3) is 6.23. The van der Waals surface area contributed by atoms with Crippen LogP contribution in [0.25, 0.3) is 0 Å². The lowest BCUT2D eigenvalue weighted by Crippen LogP contribution is -2.49. The number of sulfonamides is 1. The van der Waals surface area contributed by atoms with E-state index < -0.39 is 42.8 Å². The van der Waals surface area contributed by atoms with Crippen molar-refractivity contribution in [1.29, 1.82) is 0 Å². The van der Waals surface area contributed by atoms with E-state index in [9.17, 15) is 31.7 Å². The molecule has 2 atom stereocenters. The number of nitro groups is 1. The van der Waals surface area contributed by atoms with Crippen LogP contribution in [0.4, 0.5) is 11.4 Å². The third-order valence-corrected chi connectivity index (χ3v) is 7.40. The van der Waals surface area contributed by atoms with Crippen molar-refractivity contribution in [2.45, 2.75) is 37.2 Å². The molecule has 0 saturated carbocycles. The van der Waals surface area contributed by atoms with Crippen LogP contribution >= 0.6 is 0 Å². The second-order valence-corrected chi connectivity index (χ2v) is 11.5. The van der Waals surface area contributed by atoms with Crippen LogP contribution in [-0.2, 0) is 24.7 Å². The van der Waals surface area contributed by atoms with Gasteiger partial charge in [0, 0.05) is 18.4 Å². The number of ether oxygens (including phenoxy) is 1. The van der Waals surface area contributed by atoms with Gasteiger partial charge in [-0.1, -0.05) is 19.1 Å². The van der Waals surface area contributed by atoms with E-state index in [1.165, 1.54) is 31.4 Å². The van der Waals surface area contributed by atoms with Crippen molar-refractivity contribution in [3.05, 3.63) is 58.1 Å². The lowest BCUT2D eigenvalue weighted by Gasteiger charge is -2.31. The van der Waals surface area contributed by atoms with Gasteiger partial charge in [-0.3, -0.25) is 19.2 Å². The molecular formula is C21H27N3O8S2. The quantitative estimate of drug-likeness (QED) is 0.375. The van der Waals surface area contributed by atoms with Crippen LogP contribution in [0, 0.1) is 10.1 Å². The second-order valence-electron chi connectivity index (χ2n) is 7.67. The van der Waals surface area contributed by atoms with Gasteiger partial charge < -0.3 is 10.1 Å². The minimum absolute atomic E-state index is 0.0479. The van der Waals surface area contributed by atoms with Crippen LogP contribution in [0.15, 0.2) is 47.4 Å². The second kappa shape index (κ2) is 10.4. The Balaban J connectivity index is 2.44. The topological polar surface area (TPSA) is 153 Å². The predicted octanol–water partition coefficient (Wildman–Crippen LogP) is 2.43. The fourth-order valence-corrected chi connectivity index (χ4v) is 5.23. The third-order valence-electron chi connectivity index (χ3n) is 5.11. The van der Waals surface area contributed by atoms with Crippen molar-refractivity contribution in [2.75, 3.05) is 23.9 Å². The molecule has 2 aromatic carbocycles. The minimum Gasteiger partial charge on any atom is -0.495 e. The average molecular weight is 514 g/mol. The summed E-state index contributed by atoms with van der Waals surface area (Å²) < 4.78 is 54.8. The molecule has 2 aromatic rings. The van der Waals surface area contributed by atoms with Gasteiger partial charge in [0.1, 0.15) is 17.5 Å². The number of anilines is 1. The Labute approximate surface area is 198 Å². The summed E-state index contributed by atoms with van der Waals surface area (Å²) >= 11 is 0. The molecule has 1 N–H and O–H groups in total. The first-order valence-corrected chi connectivity index (χ1v) is 13.9. The number of rotatable bonds is 10. The molecule has 1 amide bonds. The SMILES string of the molecule is CCC(C(=O)NC(C)c1ccc(S(C)(=O)=O)cc1)N(c1cc([N+](=O)[O-])ccc1OC)S(C)(=O)=O. The molecular weight excluding hydrogens is 486 g/mol. The highest BCUT2D eigenvalue weighted by molar-refractivity contribution is 7.92. The molecule has 0 saturated heterocycles. The number of nitrogens with one attached hydrogen (secondary N) is 1. The summed E-state index contributed by atoms with van der Waals surface area (Å²) in [6, 6.07) is 7.62. The van der Waals surface area contributed by atoms with E-state index in [0.717, 1.165) is 22.9 Å². The van der Waals surface area contributed by atoms with Crippen LogP contribution in [0.5, 0.6) is 5.75 Å². The number of sulfone groups is 1. The number of methoxy groups -OCH3 is 1. The molecule has 0 spiro atoms. The van der Waals surface area contributed by atoms with Crippen LogP contribution in [-0.4, -0.2) is 53.3 Å². The zero-order valence-electron chi connectivity index (χ0n) is 19.4. The molecule has 0 bridgehead atoms. The van der Waals surface area contributed by atoms with E-state index in [0.29, 0.717) is 5.56 Å². The number of non-ortho nitro benzene ring substituents is 1. The maximum Gasteiger partial charge on any atom is 0.271 e. The molecule has 0 aromatic heterocycles. The molecule has 0 fully saturated rings. The van der Waals surface area contributed by atoms with Crippen molar-refractivity contribution < 1.29 is 31.3 Å². The van der Waals surface area contributed by atoms with Crippen molar-refractivity contribution in [1.82, 2.24) is 5.32 Å². The lowest BCUT2D eigenvalue weighted by atomic mass is 10.1. The number of hydrogen-bond donors (Lipinski definition) is 1. The number of nitro benzene ring substituents is 1. The van der Waals surface area contributed by atoms with Gasteiger partial charge in [-0.15, -0.1) is 0 Å². The molecule has 0 radical (unpaired) electrons. The summed E-state index contributed by atoms with van der Waals surface area (Å²) in [5.74, 6) is -0.590.